The highest BCUT2D eigenvalue weighted by Crippen LogP contribution is 2.26. The molecule has 0 bridgehead atoms. The van der Waals surface area contributed by atoms with Crippen molar-refractivity contribution in [3.05, 3.63) is 69.5 Å². The Kier molecular flexibility index (Phi) is 4.76. The number of aryl methyl sites for hydroxylation is 2. The lowest BCUT2D eigenvalue weighted by molar-refractivity contribution is 0.546. The van der Waals surface area contributed by atoms with E-state index in [1.807, 2.05) is 32.0 Å². The second-order valence-corrected chi connectivity index (χ2v) is 5.43. The Bertz CT molecular complexity index is 613. The molecule has 4 heteroatoms. The zero-order valence-corrected chi connectivity index (χ0v) is 12.3. The minimum Gasteiger partial charge on any atom is -0.271 e. The molecule has 0 aromatic heterocycles. The van der Waals surface area contributed by atoms with Gasteiger partial charge in [-0.1, -0.05) is 29.8 Å². The summed E-state index contributed by atoms with van der Waals surface area (Å²) in [5.74, 6) is 5.41. The standard InChI is InChI=1S/C16H18ClFN2/c1-10-3-4-12(15(17)7-10)9-16(20-19)14-6-5-13(18)8-11(14)2/h3-8,16,20H,9,19H2,1-2H3. The molecule has 1 atom stereocenters. The molecule has 0 fully saturated rings. The summed E-state index contributed by atoms with van der Waals surface area (Å²) in [7, 11) is 0. The number of halogens is 2. The fourth-order valence-electron chi connectivity index (χ4n) is 2.33. The molecular weight excluding hydrogens is 275 g/mol. The maximum atomic E-state index is 13.2. The van der Waals surface area contributed by atoms with Crippen LogP contribution in [0.2, 0.25) is 5.02 Å². The van der Waals surface area contributed by atoms with E-state index in [4.69, 9.17) is 17.4 Å². The number of benzene rings is 2. The number of hydrazine groups is 1. The lowest BCUT2D eigenvalue weighted by Crippen LogP contribution is -2.30. The van der Waals surface area contributed by atoms with Crippen LogP contribution in [0.1, 0.15) is 28.3 Å². The molecule has 0 heterocycles. The van der Waals surface area contributed by atoms with Crippen LogP contribution in [-0.4, -0.2) is 0 Å². The highest BCUT2D eigenvalue weighted by atomic mass is 35.5. The smallest absolute Gasteiger partial charge is 0.123 e. The number of nitrogens with two attached hydrogens (primary N) is 1. The molecule has 0 aliphatic heterocycles. The molecule has 0 saturated heterocycles. The number of rotatable bonds is 4. The van der Waals surface area contributed by atoms with Crippen molar-refractivity contribution < 1.29 is 4.39 Å². The van der Waals surface area contributed by atoms with Crippen molar-refractivity contribution in [1.29, 1.82) is 0 Å². The molecule has 106 valence electrons. The molecule has 3 N–H and O–H groups in total. The maximum absolute atomic E-state index is 13.2. The zero-order valence-electron chi connectivity index (χ0n) is 11.6. The van der Waals surface area contributed by atoms with E-state index in [2.05, 4.69) is 5.43 Å². The normalized spacial score (nSPS) is 12.4. The third-order valence-corrected chi connectivity index (χ3v) is 3.79. The highest BCUT2D eigenvalue weighted by molar-refractivity contribution is 6.31. The molecule has 0 amide bonds. The minimum atomic E-state index is -0.240. The van der Waals surface area contributed by atoms with E-state index in [1.165, 1.54) is 12.1 Å². The molecular formula is C16H18ClFN2. The summed E-state index contributed by atoms with van der Waals surface area (Å²) in [4.78, 5) is 0. The van der Waals surface area contributed by atoms with Crippen molar-refractivity contribution in [3.8, 4) is 0 Å². The van der Waals surface area contributed by atoms with Gasteiger partial charge in [-0.2, -0.15) is 0 Å². The quantitative estimate of drug-likeness (QED) is 0.664. The summed E-state index contributed by atoms with van der Waals surface area (Å²) in [6.07, 6.45) is 0.655. The van der Waals surface area contributed by atoms with Crippen molar-refractivity contribution in [1.82, 2.24) is 5.43 Å². The first-order valence-electron chi connectivity index (χ1n) is 6.48. The molecule has 0 aliphatic carbocycles. The van der Waals surface area contributed by atoms with Gasteiger partial charge < -0.3 is 0 Å². The van der Waals surface area contributed by atoms with E-state index >= 15 is 0 Å². The van der Waals surface area contributed by atoms with Crippen LogP contribution in [0.3, 0.4) is 0 Å². The van der Waals surface area contributed by atoms with Crippen molar-refractivity contribution >= 4 is 11.6 Å². The van der Waals surface area contributed by atoms with Gasteiger partial charge in [-0.25, -0.2) is 4.39 Å². The second-order valence-electron chi connectivity index (χ2n) is 5.02. The predicted molar refractivity (Wildman–Crippen MR) is 81.1 cm³/mol. The summed E-state index contributed by atoms with van der Waals surface area (Å²) in [5, 5.41) is 0.727. The van der Waals surface area contributed by atoms with E-state index < -0.39 is 0 Å². The number of hydrogen-bond donors (Lipinski definition) is 2. The molecule has 0 spiro atoms. The molecule has 1 unspecified atom stereocenters. The van der Waals surface area contributed by atoms with Crippen LogP contribution >= 0.6 is 11.6 Å². The lowest BCUT2D eigenvalue weighted by Gasteiger charge is -2.19. The Labute approximate surface area is 123 Å². The fraction of sp³-hybridized carbons (Fsp3) is 0.250. The van der Waals surface area contributed by atoms with Gasteiger partial charge in [0.15, 0.2) is 0 Å². The van der Waals surface area contributed by atoms with Gasteiger partial charge >= 0.3 is 0 Å². The van der Waals surface area contributed by atoms with E-state index in [9.17, 15) is 4.39 Å². The third kappa shape index (κ3) is 3.37. The molecule has 2 aromatic carbocycles. The Hall–Kier alpha value is -1.42. The van der Waals surface area contributed by atoms with E-state index in [1.54, 1.807) is 6.07 Å². The summed E-state index contributed by atoms with van der Waals surface area (Å²) in [6.45, 7) is 3.87. The highest BCUT2D eigenvalue weighted by Gasteiger charge is 2.15. The molecule has 0 aliphatic rings. The molecule has 2 nitrogen and oxygen atoms in total. The first-order chi connectivity index (χ1) is 9.51. The van der Waals surface area contributed by atoms with Crippen molar-refractivity contribution in [2.24, 2.45) is 5.84 Å². The minimum absolute atomic E-state index is 0.101. The summed E-state index contributed by atoms with van der Waals surface area (Å²) in [6, 6.07) is 10.6. The molecule has 0 radical (unpaired) electrons. The van der Waals surface area contributed by atoms with Gasteiger partial charge in [-0.15, -0.1) is 0 Å². The average Bonchev–Trinajstić information content (AvgIpc) is 2.39. The first-order valence-corrected chi connectivity index (χ1v) is 6.86. The summed E-state index contributed by atoms with van der Waals surface area (Å²) >= 11 is 6.25. The molecule has 0 saturated carbocycles. The van der Waals surface area contributed by atoms with Crippen LogP contribution < -0.4 is 11.3 Å². The van der Waals surface area contributed by atoms with Crippen molar-refractivity contribution in [2.45, 2.75) is 26.3 Å². The SMILES string of the molecule is Cc1ccc(CC(NN)c2ccc(F)cc2C)c(Cl)c1. The lowest BCUT2D eigenvalue weighted by atomic mass is 9.95. The zero-order chi connectivity index (χ0) is 14.7. The maximum Gasteiger partial charge on any atom is 0.123 e. The topological polar surface area (TPSA) is 38.0 Å². The largest absolute Gasteiger partial charge is 0.271 e. The van der Waals surface area contributed by atoms with Crippen LogP contribution in [-0.2, 0) is 6.42 Å². The number of nitrogens with one attached hydrogen (secondary N) is 1. The van der Waals surface area contributed by atoms with Crippen LogP contribution in [0.4, 0.5) is 4.39 Å². The van der Waals surface area contributed by atoms with Gasteiger partial charge in [-0.05, 0) is 60.7 Å². The predicted octanol–water partition coefficient (Wildman–Crippen LogP) is 3.84. The van der Waals surface area contributed by atoms with Crippen LogP contribution in [0.5, 0.6) is 0 Å². The van der Waals surface area contributed by atoms with Crippen LogP contribution in [0.15, 0.2) is 36.4 Å². The van der Waals surface area contributed by atoms with Gasteiger partial charge in [0.05, 0.1) is 6.04 Å². The van der Waals surface area contributed by atoms with E-state index in [-0.39, 0.29) is 11.9 Å². The van der Waals surface area contributed by atoms with Crippen molar-refractivity contribution in [2.75, 3.05) is 0 Å². The van der Waals surface area contributed by atoms with Gasteiger partial charge in [-0.3, -0.25) is 11.3 Å². The summed E-state index contributed by atoms with van der Waals surface area (Å²) < 4.78 is 13.2. The van der Waals surface area contributed by atoms with Gasteiger partial charge in [0.1, 0.15) is 5.82 Å². The monoisotopic (exact) mass is 292 g/mol. The van der Waals surface area contributed by atoms with Crippen LogP contribution in [0, 0.1) is 19.7 Å². The third-order valence-electron chi connectivity index (χ3n) is 3.44. The second kappa shape index (κ2) is 6.35. The summed E-state index contributed by atoms with van der Waals surface area (Å²) in [5.41, 5.74) is 6.77. The Morgan fingerprint density at radius 1 is 1.20 bits per heavy atom. The Balaban J connectivity index is 2.28. The van der Waals surface area contributed by atoms with Crippen molar-refractivity contribution in [3.63, 3.8) is 0 Å². The van der Waals surface area contributed by atoms with Gasteiger partial charge in [0, 0.05) is 5.02 Å². The Morgan fingerprint density at radius 3 is 2.55 bits per heavy atom. The average molecular weight is 293 g/mol. The van der Waals surface area contributed by atoms with Crippen LogP contribution in [0.25, 0.3) is 0 Å². The molecule has 2 rings (SSSR count). The fourth-order valence-corrected chi connectivity index (χ4v) is 2.64. The van der Waals surface area contributed by atoms with E-state index in [0.717, 1.165) is 27.3 Å². The first kappa shape index (κ1) is 15.0. The van der Waals surface area contributed by atoms with Gasteiger partial charge in [0.2, 0.25) is 0 Å². The number of hydrogen-bond acceptors (Lipinski definition) is 2. The van der Waals surface area contributed by atoms with E-state index in [0.29, 0.717) is 6.42 Å². The van der Waals surface area contributed by atoms with Gasteiger partial charge in [0.25, 0.3) is 0 Å². The Morgan fingerprint density at radius 2 is 1.95 bits per heavy atom. The molecule has 2 aromatic rings. The molecule has 20 heavy (non-hydrogen) atoms.